The Morgan fingerprint density at radius 3 is 3.19 bits per heavy atom. The van der Waals surface area contributed by atoms with E-state index in [0.717, 1.165) is 24.0 Å². The average Bonchev–Trinajstić information content (AvgIpc) is 3.06. The second kappa shape index (κ2) is 6.22. The van der Waals surface area contributed by atoms with Gasteiger partial charge >= 0.3 is 0 Å². The fourth-order valence-electron chi connectivity index (χ4n) is 2.33. The zero-order valence-corrected chi connectivity index (χ0v) is 12.7. The van der Waals surface area contributed by atoms with Crippen molar-refractivity contribution in [1.29, 1.82) is 0 Å². The van der Waals surface area contributed by atoms with Gasteiger partial charge in [0.2, 0.25) is 5.91 Å². The lowest BCUT2D eigenvalue weighted by molar-refractivity contribution is -0.115. The highest BCUT2D eigenvalue weighted by molar-refractivity contribution is 8.16. The van der Waals surface area contributed by atoms with Crippen molar-refractivity contribution in [3.63, 3.8) is 0 Å². The van der Waals surface area contributed by atoms with Crippen LogP contribution in [0.15, 0.2) is 40.4 Å². The summed E-state index contributed by atoms with van der Waals surface area (Å²) < 4.78 is 5.51. The van der Waals surface area contributed by atoms with Crippen LogP contribution in [-0.2, 0) is 4.79 Å². The van der Waals surface area contributed by atoms with E-state index in [-0.39, 0.29) is 5.91 Å². The second-order valence-corrected chi connectivity index (χ2v) is 5.53. The van der Waals surface area contributed by atoms with Crippen LogP contribution in [0.4, 0.5) is 5.69 Å². The number of nitrogens with zero attached hydrogens (tertiary/aromatic N) is 2. The monoisotopic (exact) mass is 303 g/mol. The maximum Gasteiger partial charge on any atom is 0.230 e. The number of amides is 1. The number of carbonyl (C=O) groups is 1. The summed E-state index contributed by atoms with van der Waals surface area (Å²) >= 11 is 1.59. The topological polar surface area (TPSA) is 53.9 Å². The van der Waals surface area contributed by atoms with Crippen LogP contribution in [0, 0.1) is 0 Å². The molecule has 0 atom stereocenters. The predicted octanol–water partition coefficient (Wildman–Crippen LogP) is 2.67. The molecule has 0 spiro atoms. The van der Waals surface area contributed by atoms with Crippen LogP contribution in [0.2, 0.25) is 0 Å². The van der Waals surface area contributed by atoms with Crippen molar-refractivity contribution in [2.75, 3.05) is 25.0 Å². The molecule has 1 amide bonds. The minimum atomic E-state index is -0.0397. The van der Waals surface area contributed by atoms with Crippen LogP contribution in [0.5, 0.6) is 5.75 Å². The molecule has 0 aromatic heterocycles. The molecule has 0 fully saturated rings. The molecular formula is C15H17N3O2S. The lowest BCUT2D eigenvalue weighted by atomic mass is 10.2. The molecule has 2 aliphatic heterocycles. The molecule has 2 heterocycles. The first kappa shape index (κ1) is 14.0. The van der Waals surface area contributed by atoms with Crippen molar-refractivity contribution in [1.82, 2.24) is 4.90 Å². The molecule has 0 bridgehead atoms. The van der Waals surface area contributed by atoms with Gasteiger partial charge < -0.3 is 15.0 Å². The third kappa shape index (κ3) is 3.05. The molecule has 1 aromatic rings. The number of para-hydroxylation sites is 2. The Hall–Kier alpha value is -1.95. The summed E-state index contributed by atoms with van der Waals surface area (Å²) in [6.45, 7) is 4.18. The number of fused-ring (bicyclic) bond motifs is 1. The molecule has 2 aliphatic rings. The third-order valence-corrected chi connectivity index (χ3v) is 4.20. The van der Waals surface area contributed by atoms with Crippen molar-refractivity contribution in [2.24, 2.45) is 4.99 Å². The summed E-state index contributed by atoms with van der Waals surface area (Å²) in [6.07, 6.45) is 0.354. The number of anilines is 1. The molecule has 0 radical (unpaired) electrons. The van der Waals surface area contributed by atoms with Crippen LogP contribution in [0.25, 0.3) is 0 Å². The summed E-state index contributed by atoms with van der Waals surface area (Å²) in [7, 11) is 0. The van der Waals surface area contributed by atoms with Gasteiger partial charge in [-0.2, -0.15) is 0 Å². The average molecular weight is 303 g/mol. The van der Waals surface area contributed by atoms with Crippen molar-refractivity contribution in [2.45, 2.75) is 13.3 Å². The molecule has 21 heavy (non-hydrogen) atoms. The van der Waals surface area contributed by atoms with Crippen LogP contribution >= 0.6 is 11.8 Å². The number of hydrogen-bond acceptors (Lipinski definition) is 5. The van der Waals surface area contributed by atoms with Gasteiger partial charge in [0.15, 0.2) is 5.17 Å². The van der Waals surface area contributed by atoms with Crippen molar-refractivity contribution >= 4 is 28.5 Å². The molecule has 0 aliphatic carbocycles. The summed E-state index contributed by atoms with van der Waals surface area (Å²) in [6, 6.07) is 7.48. The van der Waals surface area contributed by atoms with Gasteiger partial charge in [0, 0.05) is 12.2 Å². The zero-order valence-electron chi connectivity index (χ0n) is 11.8. The number of aliphatic imine (C=N–C) groups is 1. The van der Waals surface area contributed by atoms with E-state index in [0.29, 0.717) is 24.5 Å². The normalized spacial score (nSPS) is 16.3. The van der Waals surface area contributed by atoms with E-state index in [2.05, 4.69) is 15.2 Å². The van der Waals surface area contributed by atoms with Gasteiger partial charge in [-0.25, -0.2) is 0 Å². The highest BCUT2D eigenvalue weighted by atomic mass is 32.2. The predicted molar refractivity (Wildman–Crippen MR) is 85.5 cm³/mol. The van der Waals surface area contributed by atoms with Crippen molar-refractivity contribution < 1.29 is 9.53 Å². The number of thioether (sulfide) groups is 1. The minimum Gasteiger partial charge on any atom is -0.492 e. The summed E-state index contributed by atoms with van der Waals surface area (Å²) in [5.41, 5.74) is 1.73. The Kier molecular flexibility index (Phi) is 4.15. The summed E-state index contributed by atoms with van der Waals surface area (Å²) in [5.74, 6) is 0.661. The lowest BCUT2D eigenvalue weighted by Gasteiger charge is -2.16. The molecule has 6 heteroatoms. The molecule has 3 rings (SSSR count). The molecule has 1 N–H and O–H groups in total. The lowest BCUT2D eigenvalue weighted by Crippen LogP contribution is -2.24. The molecule has 0 saturated carbocycles. The fourth-order valence-corrected chi connectivity index (χ4v) is 3.28. The number of carbonyl (C=O) groups excluding carboxylic acids is 1. The first-order chi connectivity index (χ1) is 10.3. The molecular weight excluding hydrogens is 286 g/mol. The van der Waals surface area contributed by atoms with E-state index in [1.165, 1.54) is 0 Å². The van der Waals surface area contributed by atoms with Gasteiger partial charge in [0.05, 0.1) is 25.3 Å². The maximum atomic E-state index is 12.2. The Labute approximate surface area is 128 Å². The molecule has 1 aromatic carbocycles. The zero-order chi connectivity index (χ0) is 14.7. The SMILES string of the molecule is CCOc1ccccc1NC(=O)CC1=CSC2=NCCN12. The van der Waals surface area contributed by atoms with Crippen LogP contribution in [0.3, 0.4) is 0 Å². The van der Waals surface area contributed by atoms with Gasteiger partial charge in [-0.15, -0.1) is 0 Å². The van der Waals surface area contributed by atoms with E-state index in [4.69, 9.17) is 4.74 Å². The Bertz CT molecular complexity index is 613. The number of hydrogen-bond donors (Lipinski definition) is 1. The fraction of sp³-hybridized carbons (Fsp3) is 0.333. The van der Waals surface area contributed by atoms with E-state index < -0.39 is 0 Å². The number of benzene rings is 1. The smallest absolute Gasteiger partial charge is 0.230 e. The van der Waals surface area contributed by atoms with Crippen LogP contribution in [-0.4, -0.2) is 35.7 Å². The van der Waals surface area contributed by atoms with Crippen LogP contribution in [0.1, 0.15) is 13.3 Å². The number of rotatable bonds is 5. The van der Waals surface area contributed by atoms with Gasteiger partial charge in [0.25, 0.3) is 0 Å². The highest BCUT2D eigenvalue weighted by Crippen LogP contribution is 2.31. The van der Waals surface area contributed by atoms with Gasteiger partial charge in [-0.05, 0) is 24.5 Å². The van der Waals surface area contributed by atoms with E-state index in [9.17, 15) is 4.79 Å². The van der Waals surface area contributed by atoms with E-state index in [1.54, 1.807) is 11.8 Å². The van der Waals surface area contributed by atoms with E-state index in [1.807, 2.05) is 36.6 Å². The quantitative estimate of drug-likeness (QED) is 0.908. The molecule has 0 saturated heterocycles. The summed E-state index contributed by atoms with van der Waals surface area (Å²) in [5, 5.41) is 5.93. The van der Waals surface area contributed by atoms with Crippen LogP contribution < -0.4 is 10.1 Å². The first-order valence-electron chi connectivity index (χ1n) is 6.97. The summed E-state index contributed by atoms with van der Waals surface area (Å²) in [4.78, 5) is 18.7. The first-order valence-corrected chi connectivity index (χ1v) is 7.85. The van der Waals surface area contributed by atoms with Gasteiger partial charge in [-0.3, -0.25) is 9.79 Å². The second-order valence-electron chi connectivity index (χ2n) is 4.70. The maximum absolute atomic E-state index is 12.2. The number of nitrogens with one attached hydrogen (secondary N) is 1. The molecule has 0 unspecified atom stereocenters. The standard InChI is InChI=1S/C15H17N3O2S/c1-2-20-13-6-4-3-5-12(13)17-14(19)9-11-10-21-15-16-7-8-18(11)15/h3-6,10H,2,7-9H2,1H3,(H,17,19). The highest BCUT2D eigenvalue weighted by Gasteiger charge is 2.27. The Morgan fingerprint density at radius 1 is 1.48 bits per heavy atom. The van der Waals surface area contributed by atoms with Crippen molar-refractivity contribution in [3.05, 3.63) is 35.4 Å². The third-order valence-electron chi connectivity index (χ3n) is 3.25. The molecule has 110 valence electrons. The van der Waals surface area contributed by atoms with E-state index >= 15 is 0 Å². The number of ether oxygens (including phenoxy) is 1. The largest absolute Gasteiger partial charge is 0.492 e. The Morgan fingerprint density at radius 2 is 2.33 bits per heavy atom. The van der Waals surface area contributed by atoms with Gasteiger partial charge in [0.1, 0.15) is 5.75 Å². The Balaban J connectivity index is 1.63. The van der Waals surface area contributed by atoms with Crippen molar-refractivity contribution in [3.8, 4) is 5.75 Å². The number of amidine groups is 1. The minimum absolute atomic E-state index is 0.0397. The van der Waals surface area contributed by atoms with Gasteiger partial charge in [-0.1, -0.05) is 23.9 Å². The molecule has 5 nitrogen and oxygen atoms in total.